The standard InChI is InChI=1S/C15H16ClN3OS/c1-9-8-14(18-11(3)17-9)21-10(2)15(20)19-13-7-5-4-6-12(13)16/h4-8,10H,1-3H3,(H,19,20)/t10-/m0/s1. The lowest BCUT2D eigenvalue weighted by Gasteiger charge is -2.12. The third-order valence-corrected chi connectivity index (χ3v) is 4.09. The van der Waals surface area contributed by atoms with E-state index in [0.717, 1.165) is 10.7 Å². The van der Waals surface area contributed by atoms with Gasteiger partial charge in [-0.1, -0.05) is 35.5 Å². The summed E-state index contributed by atoms with van der Waals surface area (Å²) in [4.78, 5) is 20.8. The summed E-state index contributed by atoms with van der Waals surface area (Å²) >= 11 is 7.43. The quantitative estimate of drug-likeness (QED) is 0.686. The van der Waals surface area contributed by atoms with Gasteiger partial charge in [0.15, 0.2) is 0 Å². The minimum Gasteiger partial charge on any atom is -0.324 e. The van der Waals surface area contributed by atoms with Crippen LogP contribution in [0.3, 0.4) is 0 Å². The van der Waals surface area contributed by atoms with Crippen molar-refractivity contribution in [2.24, 2.45) is 0 Å². The van der Waals surface area contributed by atoms with Crippen LogP contribution in [0.1, 0.15) is 18.4 Å². The fourth-order valence-corrected chi connectivity index (χ4v) is 2.91. The van der Waals surface area contributed by atoms with Gasteiger partial charge in [0.1, 0.15) is 10.9 Å². The smallest absolute Gasteiger partial charge is 0.237 e. The van der Waals surface area contributed by atoms with Crippen LogP contribution in [0.25, 0.3) is 0 Å². The van der Waals surface area contributed by atoms with Crippen molar-refractivity contribution in [1.29, 1.82) is 0 Å². The molecule has 4 nitrogen and oxygen atoms in total. The van der Waals surface area contributed by atoms with E-state index < -0.39 is 0 Å². The number of benzene rings is 1. The molecular weight excluding hydrogens is 306 g/mol. The van der Waals surface area contributed by atoms with Crippen LogP contribution in [0.2, 0.25) is 5.02 Å². The largest absolute Gasteiger partial charge is 0.324 e. The molecule has 0 radical (unpaired) electrons. The molecule has 21 heavy (non-hydrogen) atoms. The number of nitrogens with one attached hydrogen (secondary N) is 1. The Bertz CT molecular complexity index is 643. The van der Waals surface area contributed by atoms with E-state index in [9.17, 15) is 4.79 Å². The van der Waals surface area contributed by atoms with Crippen LogP contribution < -0.4 is 5.32 Å². The molecule has 2 aromatic rings. The first-order valence-electron chi connectivity index (χ1n) is 6.50. The number of aromatic nitrogens is 2. The fraction of sp³-hybridized carbons (Fsp3) is 0.267. The molecule has 1 heterocycles. The van der Waals surface area contributed by atoms with E-state index >= 15 is 0 Å². The number of nitrogens with zero attached hydrogens (tertiary/aromatic N) is 2. The number of para-hydroxylation sites is 1. The number of carbonyl (C=O) groups excluding carboxylic acids is 1. The molecule has 1 aromatic heterocycles. The number of halogens is 1. The van der Waals surface area contributed by atoms with Crippen LogP contribution >= 0.6 is 23.4 Å². The van der Waals surface area contributed by atoms with E-state index in [1.807, 2.05) is 39.0 Å². The number of hydrogen-bond donors (Lipinski definition) is 1. The number of thioether (sulfide) groups is 1. The topological polar surface area (TPSA) is 54.9 Å². The number of anilines is 1. The highest BCUT2D eigenvalue weighted by molar-refractivity contribution is 8.00. The Morgan fingerprint density at radius 1 is 1.29 bits per heavy atom. The summed E-state index contributed by atoms with van der Waals surface area (Å²) < 4.78 is 0. The van der Waals surface area contributed by atoms with Crippen molar-refractivity contribution in [2.75, 3.05) is 5.32 Å². The van der Waals surface area contributed by atoms with Crippen LogP contribution in [0.15, 0.2) is 35.4 Å². The predicted octanol–water partition coefficient (Wildman–Crippen LogP) is 3.87. The predicted molar refractivity (Wildman–Crippen MR) is 86.9 cm³/mol. The molecule has 0 saturated heterocycles. The maximum Gasteiger partial charge on any atom is 0.237 e. The van der Waals surface area contributed by atoms with E-state index in [-0.39, 0.29) is 11.2 Å². The second-order valence-corrected chi connectivity index (χ2v) is 6.39. The number of rotatable bonds is 4. The zero-order valence-corrected chi connectivity index (χ0v) is 13.6. The maximum absolute atomic E-state index is 12.2. The number of carbonyl (C=O) groups is 1. The molecule has 0 spiro atoms. The van der Waals surface area contributed by atoms with Crippen molar-refractivity contribution in [1.82, 2.24) is 9.97 Å². The summed E-state index contributed by atoms with van der Waals surface area (Å²) in [6.07, 6.45) is 0. The molecule has 1 atom stereocenters. The molecule has 0 aliphatic carbocycles. The van der Waals surface area contributed by atoms with Crippen LogP contribution in [0, 0.1) is 13.8 Å². The fourth-order valence-electron chi connectivity index (χ4n) is 1.77. The number of aryl methyl sites for hydroxylation is 2. The average Bonchev–Trinajstić information content (AvgIpc) is 2.40. The Labute approximate surface area is 133 Å². The van der Waals surface area contributed by atoms with Gasteiger partial charge in [0.05, 0.1) is 16.0 Å². The van der Waals surface area contributed by atoms with Crippen LogP contribution in [-0.4, -0.2) is 21.1 Å². The lowest BCUT2D eigenvalue weighted by Crippen LogP contribution is -2.22. The SMILES string of the molecule is Cc1cc(S[C@@H](C)C(=O)Nc2ccccc2Cl)nc(C)n1. The van der Waals surface area contributed by atoms with Crippen molar-refractivity contribution < 1.29 is 4.79 Å². The van der Waals surface area contributed by atoms with Gasteiger partial charge in [0.25, 0.3) is 0 Å². The lowest BCUT2D eigenvalue weighted by molar-refractivity contribution is -0.115. The zero-order chi connectivity index (χ0) is 15.4. The van der Waals surface area contributed by atoms with Crippen molar-refractivity contribution >= 4 is 35.0 Å². The van der Waals surface area contributed by atoms with E-state index in [4.69, 9.17) is 11.6 Å². The molecule has 0 aliphatic rings. The van der Waals surface area contributed by atoms with Gasteiger partial charge < -0.3 is 5.32 Å². The molecular formula is C15H16ClN3OS. The van der Waals surface area contributed by atoms with Gasteiger partial charge in [-0.3, -0.25) is 4.79 Å². The second-order valence-electron chi connectivity index (χ2n) is 4.62. The van der Waals surface area contributed by atoms with Gasteiger partial charge >= 0.3 is 0 Å². The summed E-state index contributed by atoms with van der Waals surface area (Å²) in [6.45, 7) is 5.59. The van der Waals surface area contributed by atoms with Crippen LogP contribution in [0.5, 0.6) is 0 Å². The normalized spacial score (nSPS) is 12.0. The molecule has 0 fully saturated rings. The molecule has 2 rings (SSSR count). The Kier molecular flexibility index (Phi) is 5.20. The van der Waals surface area contributed by atoms with E-state index in [1.54, 1.807) is 12.1 Å². The Balaban J connectivity index is 2.04. The first-order valence-corrected chi connectivity index (χ1v) is 7.76. The monoisotopic (exact) mass is 321 g/mol. The van der Waals surface area contributed by atoms with Gasteiger partial charge in [0.2, 0.25) is 5.91 Å². The Morgan fingerprint density at radius 2 is 2.00 bits per heavy atom. The van der Waals surface area contributed by atoms with Gasteiger partial charge in [-0.05, 0) is 39.0 Å². The Morgan fingerprint density at radius 3 is 2.67 bits per heavy atom. The van der Waals surface area contributed by atoms with Gasteiger partial charge in [-0.2, -0.15) is 0 Å². The maximum atomic E-state index is 12.2. The summed E-state index contributed by atoms with van der Waals surface area (Å²) in [6, 6.07) is 9.04. The van der Waals surface area contributed by atoms with Gasteiger partial charge in [-0.25, -0.2) is 9.97 Å². The van der Waals surface area contributed by atoms with Gasteiger partial charge in [-0.15, -0.1) is 0 Å². The number of amides is 1. The summed E-state index contributed by atoms with van der Waals surface area (Å²) in [5, 5.41) is 3.86. The third-order valence-electron chi connectivity index (χ3n) is 2.74. The molecule has 0 saturated carbocycles. The first-order chi connectivity index (χ1) is 9.95. The molecule has 1 N–H and O–H groups in total. The molecule has 1 aromatic carbocycles. The highest BCUT2D eigenvalue weighted by Crippen LogP contribution is 2.25. The van der Waals surface area contributed by atoms with E-state index in [1.165, 1.54) is 11.8 Å². The Hall–Kier alpha value is -1.59. The summed E-state index contributed by atoms with van der Waals surface area (Å²) in [5.41, 5.74) is 1.51. The molecule has 0 aliphatic heterocycles. The molecule has 110 valence electrons. The molecule has 1 amide bonds. The average molecular weight is 322 g/mol. The molecule has 6 heteroatoms. The molecule has 0 bridgehead atoms. The second kappa shape index (κ2) is 6.91. The van der Waals surface area contributed by atoms with Crippen molar-refractivity contribution in [3.05, 3.63) is 46.9 Å². The highest BCUT2D eigenvalue weighted by Gasteiger charge is 2.16. The minimum atomic E-state index is -0.282. The van der Waals surface area contributed by atoms with E-state index in [0.29, 0.717) is 16.5 Å². The molecule has 0 unspecified atom stereocenters. The van der Waals surface area contributed by atoms with Gasteiger partial charge in [0, 0.05) is 5.69 Å². The minimum absolute atomic E-state index is 0.109. The van der Waals surface area contributed by atoms with Crippen molar-refractivity contribution in [2.45, 2.75) is 31.0 Å². The van der Waals surface area contributed by atoms with Crippen LogP contribution in [0.4, 0.5) is 5.69 Å². The van der Waals surface area contributed by atoms with Crippen LogP contribution in [-0.2, 0) is 4.79 Å². The summed E-state index contributed by atoms with van der Waals surface area (Å²) in [5.74, 6) is 0.596. The number of hydrogen-bond acceptors (Lipinski definition) is 4. The lowest BCUT2D eigenvalue weighted by atomic mass is 10.3. The van der Waals surface area contributed by atoms with E-state index in [2.05, 4.69) is 15.3 Å². The van der Waals surface area contributed by atoms with Crippen molar-refractivity contribution in [3.8, 4) is 0 Å². The summed E-state index contributed by atoms with van der Waals surface area (Å²) in [7, 11) is 0. The third kappa shape index (κ3) is 4.44. The van der Waals surface area contributed by atoms with Crippen molar-refractivity contribution in [3.63, 3.8) is 0 Å². The first kappa shape index (κ1) is 15.8. The highest BCUT2D eigenvalue weighted by atomic mass is 35.5. The zero-order valence-electron chi connectivity index (χ0n) is 12.1.